The van der Waals surface area contributed by atoms with Crippen LogP contribution in [0.5, 0.6) is 11.5 Å². The molecule has 1 N–H and O–H groups in total. The Labute approximate surface area is 173 Å². The smallest absolute Gasteiger partial charge is 0.244 e. The summed E-state index contributed by atoms with van der Waals surface area (Å²) in [5.41, 5.74) is 1.54. The second-order valence-corrected chi connectivity index (χ2v) is 8.82. The van der Waals surface area contributed by atoms with Gasteiger partial charge in [0.05, 0.1) is 21.2 Å². The Morgan fingerprint density at radius 3 is 2.13 bits per heavy atom. The normalized spacial score (nSPS) is 15.7. The maximum atomic E-state index is 13.0. The van der Waals surface area contributed by atoms with Crippen molar-refractivity contribution in [1.29, 1.82) is 0 Å². The lowest BCUT2D eigenvalue weighted by Crippen LogP contribution is -2.33. The molecule has 0 aliphatic carbocycles. The van der Waals surface area contributed by atoms with Crippen LogP contribution < -0.4 is 19.7 Å². The van der Waals surface area contributed by atoms with E-state index in [4.69, 9.17) is 9.47 Å². The largest absolute Gasteiger partial charge is 0.486 e. The van der Waals surface area contributed by atoms with E-state index in [0.717, 1.165) is 0 Å². The van der Waals surface area contributed by atoms with Crippen LogP contribution in [0, 0.1) is 0 Å². The van der Waals surface area contributed by atoms with E-state index in [-0.39, 0.29) is 22.2 Å². The number of para-hydroxylation sites is 2. The molecule has 2 aliphatic heterocycles. The molecule has 0 spiro atoms. The van der Waals surface area contributed by atoms with E-state index in [2.05, 4.69) is 5.32 Å². The summed E-state index contributed by atoms with van der Waals surface area (Å²) in [6.07, 6.45) is 0. The molecule has 0 bridgehead atoms. The number of carbonyl (C=O) groups excluding carboxylic acids is 1. The molecule has 8 heteroatoms. The number of carbonyl (C=O) groups is 1. The van der Waals surface area contributed by atoms with Gasteiger partial charge >= 0.3 is 0 Å². The van der Waals surface area contributed by atoms with E-state index in [0.29, 0.717) is 41.8 Å². The highest BCUT2D eigenvalue weighted by Gasteiger charge is 2.34. The van der Waals surface area contributed by atoms with Crippen LogP contribution >= 0.6 is 0 Å². The Morgan fingerprint density at radius 2 is 1.47 bits per heavy atom. The molecule has 0 unspecified atom stereocenters. The van der Waals surface area contributed by atoms with Gasteiger partial charge in [-0.15, -0.1) is 0 Å². The van der Waals surface area contributed by atoms with Crippen molar-refractivity contribution >= 4 is 32.8 Å². The number of rotatable bonds is 3. The number of nitrogens with one attached hydrogen (secondary N) is 1. The summed E-state index contributed by atoms with van der Waals surface area (Å²) in [4.78, 5) is 15.0. The predicted molar refractivity (Wildman–Crippen MR) is 111 cm³/mol. The van der Waals surface area contributed by atoms with Crippen LogP contribution in [0.3, 0.4) is 0 Å². The zero-order chi connectivity index (χ0) is 20.7. The predicted octanol–water partition coefficient (Wildman–Crippen LogP) is 3.38. The third-order valence-electron chi connectivity index (χ3n) is 5.02. The number of nitrogens with zero attached hydrogens (tertiary/aromatic N) is 1. The van der Waals surface area contributed by atoms with Gasteiger partial charge in [0.1, 0.15) is 19.8 Å². The first-order valence-electron chi connectivity index (χ1n) is 9.44. The first-order chi connectivity index (χ1) is 14.5. The van der Waals surface area contributed by atoms with E-state index < -0.39 is 9.84 Å². The average molecular weight is 422 g/mol. The Balaban J connectivity index is 1.46. The van der Waals surface area contributed by atoms with E-state index in [9.17, 15) is 13.2 Å². The molecule has 3 aromatic carbocycles. The summed E-state index contributed by atoms with van der Waals surface area (Å²) in [6.45, 7) is 0.910. The fraction of sp³-hybridized carbons (Fsp3) is 0.136. The molecule has 3 aromatic rings. The van der Waals surface area contributed by atoms with E-state index in [1.165, 1.54) is 0 Å². The molecule has 1 amide bonds. The average Bonchev–Trinajstić information content (AvgIpc) is 2.77. The van der Waals surface area contributed by atoms with Gasteiger partial charge in [0.15, 0.2) is 11.5 Å². The summed E-state index contributed by atoms with van der Waals surface area (Å²) < 4.78 is 37.1. The lowest BCUT2D eigenvalue weighted by molar-refractivity contribution is -0.114. The monoisotopic (exact) mass is 422 g/mol. The minimum absolute atomic E-state index is 0.0437. The number of hydrogen-bond acceptors (Lipinski definition) is 6. The molecule has 30 heavy (non-hydrogen) atoms. The second-order valence-electron chi connectivity index (χ2n) is 6.93. The zero-order valence-corrected chi connectivity index (χ0v) is 16.7. The van der Waals surface area contributed by atoms with Crippen molar-refractivity contribution in [2.45, 2.75) is 9.79 Å². The van der Waals surface area contributed by atoms with Gasteiger partial charge in [-0.25, -0.2) is 8.42 Å². The maximum Gasteiger partial charge on any atom is 0.244 e. The molecule has 0 aromatic heterocycles. The summed E-state index contributed by atoms with van der Waals surface area (Å²) in [5.74, 6) is 0.942. The number of hydrogen-bond donors (Lipinski definition) is 1. The fourth-order valence-electron chi connectivity index (χ4n) is 3.70. The molecule has 152 valence electrons. The highest BCUT2D eigenvalue weighted by molar-refractivity contribution is 7.92. The topological polar surface area (TPSA) is 84.9 Å². The van der Waals surface area contributed by atoms with Gasteiger partial charge in [0.2, 0.25) is 15.7 Å². The highest BCUT2D eigenvalue weighted by Crippen LogP contribution is 2.43. The Kier molecular flexibility index (Phi) is 4.36. The van der Waals surface area contributed by atoms with Crippen LogP contribution in [0.15, 0.2) is 76.5 Å². The van der Waals surface area contributed by atoms with Crippen LogP contribution in [0.2, 0.25) is 0 Å². The summed E-state index contributed by atoms with van der Waals surface area (Å²) in [6, 6.07) is 18.6. The number of benzene rings is 3. The standard InChI is InChI=1S/C22H18N2O5S/c25-22(23-15-9-10-18-19(13-15)29-12-11-28-18)14-24-16-5-1-3-7-20(16)30(26,27)21-8-4-2-6-17(21)24/h1-10,13H,11-12,14H2,(H,23,25). The van der Waals surface area contributed by atoms with Crippen LogP contribution in [0.4, 0.5) is 17.1 Å². The molecular formula is C22H18N2O5S. The molecule has 2 heterocycles. The van der Waals surface area contributed by atoms with Gasteiger partial charge in [-0.2, -0.15) is 0 Å². The van der Waals surface area contributed by atoms with Crippen molar-refractivity contribution in [1.82, 2.24) is 0 Å². The van der Waals surface area contributed by atoms with Crippen LogP contribution in [-0.4, -0.2) is 34.1 Å². The number of ether oxygens (including phenoxy) is 2. The second kappa shape index (κ2) is 7.07. The van der Waals surface area contributed by atoms with Crippen molar-refractivity contribution in [3.8, 4) is 11.5 Å². The zero-order valence-electron chi connectivity index (χ0n) is 15.9. The quantitative estimate of drug-likeness (QED) is 0.697. The first kappa shape index (κ1) is 18.5. The number of fused-ring (bicyclic) bond motifs is 3. The van der Waals surface area contributed by atoms with Crippen molar-refractivity contribution in [3.05, 3.63) is 66.7 Å². The maximum absolute atomic E-state index is 13.0. The van der Waals surface area contributed by atoms with Gasteiger partial charge in [-0.3, -0.25) is 4.79 Å². The third kappa shape index (κ3) is 3.05. The van der Waals surface area contributed by atoms with E-state index >= 15 is 0 Å². The molecule has 0 atom stereocenters. The minimum Gasteiger partial charge on any atom is -0.486 e. The van der Waals surface area contributed by atoms with Gasteiger partial charge in [0, 0.05) is 11.8 Å². The van der Waals surface area contributed by atoms with Crippen LogP contribution in [0.1, 0.15) is 0 Å². The number of amides is 1. The summed E-state index contributed by atoms with van der Waals surface area (Å²) >= 11 is 0. The molecule has 5 rings (SSSR count). The third-order valence-corrected chi connectivity index (χ3v) is 6.87. The van der Waals surface area contributed by atoms with Gasteiger partial charge < -0.3 is 19.7 Å². The minimum atomic E-state index is -3.64. The summed E-state index contributed by atoms with van der Waals surface area (Å²) in [7, 11) is -3.64. The Morgan fingerprint density at radius 1 is 0.867 bits per heavy atom. The summed E-state index contributed by atoms with van der Waals surface area (Å²) in [5, 5.41) is 2.86. The molecule has 0 saturated carbocycles. The lowest BCUT2D eigenvalue weighted by Gasteiger charge is -2.32. The van der Waals surface area contributed by atoms with Gasteiger partial charge in [-0.05, 0) is 36.4 Å². The molecular weight excluding hydrogens is 404 g/mol. The van der Waals surface area contributed by atoms with E-state index in [1.54, 1.807) is 71.6 Å². The van der Waals surface area contributed by atoms with Crippen molar-refractivity contribution < 1.29 is 22.7 Å². The SMILES string of the molecule is O=C(CN1c2ccccc2S(=O)(=O)c2ccccc21)Nc1ccc2c(c1)OCCO2. The molecule has 0 fully saturated rings. The van der Waals surface area contributed by atoms with Crippen LogP contribution in [0.25, 0.3) is 0 Å². The number of anilines is 3. The first-order valence-corrected chi connectivity index (χ1v) is 10.9. The number of sulfone groups is 1. The molecule has 7 nitrogen and oxygen atoms in total. The van der Waals surface area contributed by atoms with Gasteiger partial charge in [0.25, 0.3) is 0 Å². The Hall–Kier alpha value is -3.52. The van der Waals surface area contributed by atoms with Crippen molar-refractivity contribution in [3.63, 3.8) is 0 Å². The highest BCUT2D eigenvalue weighted by atomic mass is 32.2. The molecule has 0 saturated heterocycles. The van der Waals surface area contributed by atoms with Gasteiger partial charge in [-0.1, -0.05) is 24.3 Å². The van der Waals surface area contributed by atoms with Crippen molar-refractivity contribution in [2.24, 2.45) is 0 Å². The van der Waals surface area contributed by atoms with Crippen molar-refractivity contribution in [2.75, 3.05) is 30.0 Å². The van der Waals surface area contributed by atoms with Crippen LogP contribution in [-0.2, 0) is 14.6 Å². The molecule has 0 radical (unpaired) electrons. The molecule has 2 aliphatic rings. The fourth-order valence-corrected chi connectivity index (χ4v) is 5.36. The Bertz CT molecular complexity index is 1200. The lowest BCUT2D eigenvalue weighted by atomic mass is 10.2. The van der Waals surface area contributed by atoms with E-state index in [1.807, 2.05) is 0 Å².